The number of hydrogen-bond acceptors (Lipinski definition) is 5. The van der Waals surface area contributed by atoms with Crippen molar-refractivity contribution in [2.75, 3.05) is 6.61 Å². The van der Waals surface area contributed by atoms with Gasteiger partial charge in [-0.1, -0.05) is 37.6 Å². The Morgan fingerprint density at radius 1 is 1.18 bits per heavy atom. The van der Waals surface area contributed by atoms with Gasteiger partial charge in [0.2, 0.25) is 0 Å². The van der Waals surface area contributed by atoms with Crippen molar-refractivity contribution in [3.05, 3.63) is 68.2 Å². The van der Waals surface area contributed by atoms with E-state index >= 15 is 0 Å². The summed E-state index contributed by atoms with van der Waals surface area (Å²) in [7, 11) is 0. The van der Waals surface area contributed by atoms with Crippen LogP contribution in [0.3, 0.4) is 0 Å². The Hall–Kier alpha value is -3.13. The van der Waals surface area contributed by atoms with Crippen LogP contribution in [0.2, 0.25) is 5.02 Å². The quantitative estimate of drug-likeness (QED) is 0.564. The Kier molecular flexibility index (Phi) is 6.94. The largest absolute Gasteiger partial charge is 0.483 e. The van der Waals surface area contributed by atoms with Gasteiger partial charge in [0.05, 0.1) is 15.5 Å². The van der Waals surface area contributed by atoms with Gasteiger partial charge < -0.3 is 4.74 Å². The zero-order chi connectivity index (χ0) is 20.8. The Balaban J connectivity index is 1.94. The molecule has 0 radical (unpaired) electrons. The molecular formula is C19H20ClN3O5. The van der Waals surface area contributed by atoms with E-state index in [1.807, 2.05) is 39.0 Å². The highest BCUT2D eigenvalue weighted by molar-refractivity contribution is 6.34. The first-order valence-corrected chi connectivity index (χ1v) is 8.83. The van der Waals surface area contributed by atoms with E-state index < -0.39 is 16.7 Å². The first-order valence-electron chi connectivity index (χ1n) is 8.45. The lowest BCUT2D eigenvalue weighted by Gasteiger charge is -2.15. The summed E-state index contributed by atoms with van der Waals surface area (Å²) in [6.45, 7) is 5.67. The average molecular weight is 406 g/mol. The van der Waals surface area contributed by atoms with Crippen LogP contribution in [0.25, 0.3) is 0 Å². The summed E-state index contributed by atoms with van der Waals surface area (Å²) in [4.78, 5) is 34.1. The van der Waals surface area contributed by atoms with Crippen molar-refractivity contribution in [3.8, 4) is 5.75 Å². The summed E-state index contributed by atoms with van der Waals surface area (Å²) >= 11 is 5.88. The monoisotopic (exact) mass is 405 g/mol. The number of halogens is 1. The summed E-state index contributed by atoms with van der Waals surface area (Å²) in [6, 6.07) is 9.18. The van der Waals surface area contributed by atoms with Gasteiger partial charge in [0.15, 0.2) is 6.61 Å². The molecule has 148 valence electrons. The average Bonchev–Trinajstić information content (AvgIpc) is 2.64. The molecule has 2 aromatic carbocycles. The molecule has 0 saturated carbocycles. The number of nitro benzene ring substituents is 1. The van der Waals surface area contributed by atoms with Crippen LogP contribution in [0.15, 0.2) is 36.4 Å². The third kappa shape index (κ3) is 5.43. The van der Waals surface area contributed by atoms with Crippen LogP contribution < -0.4 is 15.6 Å². The normalized spacial score (nSPS) is 10.5. The lowest BCUT2D eigenvalue weighted by molar-refractivity contribution is -0.384. The molecule has 0 aromatic heterocycles. The van der Waals surface area contributed by atoms with Gasteiger partial charge >= 0.3 is 0 Å². The molecule has 0 spiro atoms. The van der Waals surface area contributed by atoms with Crippen LogP contribution in [-0.4, -0.2) is 23.3 Å². The van der Waals surface area contributed by atoms with Gasteiger partial charge in [-0.3, -0.25) is 30.6 Å². The van der Waals surface area contributed by atoms with Crippen LogP contribution >= 0.6 is 11.6 Å². The molecule has 2 aromatic rings. The van der Waals surface area contributed by atoms with Gasteiger partial charge in [0.1, 0.15) is 5.75 Å². The molecule has 9 heteroatoms. The van der Waals surface area contributed by atoms with Crippen molar-refractivity contribution in [2.45, 2.75) is 26.7 Å². The molecule has 0 aliphatic carbocycles. The van der Waals surface area contributed by atoms with E-state index in [2.05, 4.69) is 10.9 Å². The van der Waals surface area contributed by atoms with Crippen LogP contribution in [0.4, 0.5) is 5.69 Å². The smallest absolute Gasteiger partial charge is 0.276 e. The Morgan fingerprint density at radius 3 is 2.50 bits per heavy atom. The number of ether oxygens (including phenoxy) is 1. The third-order valence-electron chi connectivity index (χ3n) is 3.87. The summed E-state index contributed by atoms with van der Waals surface area (Å²) in [5, 5.41) is 10.6. The molecule has 2 N–H and O–H groups in total. The summed E-state index contributed by atoms with van der Waals surface area (Å²) in [5.41, 5.74) is 6.15. The second kappa shape index (κ2) is 9.18. The molecule has 0 saturated heterocycles. The number of nitrogens with one attached hydrogen (secondary N) is 2. The van der Waals surface area contributed by atoms with E-state index in [0.717, 1.165) is 23.3 Å². The second-order valence-corrected chi connectivity index (χ2v) is 6.82. The fourth-order valence-corrected chi connectivity index (χ4v) is 2.68. The van der Waals surface area contributed by atoms with Crippen molar-refractivity contribution in [2.24, 2.45) is 0 Å². The van der Waals surface area contributed by atoms with Gasteiger partial charge in [0, 0.05) is 12.1 Å². The van der Waals surface area contributed by atoms with Gasteiger partial charge in [-0.15, -0.1) is 0 Å². The number of carbonyl (C=O) groups excluding carboxylic acids is 2. The molecule has 0 aliphatic heterocycles. The molecule has 8 nitrogen and oxygen atoms in total. The molecule has 0 fully saturated rings. The molecular weight excluding hydrogens is 386 g/mol. The summed E-state index contributed by atoms with van der Waals surface area (Å²) < 4.78 is 5.58. The van der Waals surface area contributed by atoms with Crippen LogP contribution in [0, 0.1) is 17.0 Å². The Morgan fingerprint density at radius 2 is 1.89 bits per heavy atom. The van der Waals surface area contributed by atoms with E-state index in [1.165, 1.54) is 6.07 Å². The Bertz CT molecular complexity index is 914. The van der Waals surface area contributed by atoms with Gasteiger partial charge in [0.25, 0.3) is 17.5 Å². The first kappa shape index (κ1) is 21.2. The van der Waals surface area contributed by atoms with E-state index in [1.54, 1.807) is 0 Å². The number of nitro groups is 1. The van der Waals surface area contributed by atoms with E-state index in [4.69, 9.17) is 16.3 Å². The number of rotatable bonds is 6. The summed E-state index contributed by atoms with van der Waals surface area (Å²) in [6.07, 6.45) is 0. The second-order valence-electron chi connectivity index (χ2n) is 6.41. The molecule has 0 unspecified atom stereocenters. The fourth-order valence-electron chi connectivity index (χ4n) is 2.42. The standard InChI is InChI=1S/C19H20ClN3O5/c1-11(2)14-6-4-12(3)8-17(14)28-10-18(24)21-22-19(25)15-7-5-13(23(26)27)9-16(15)20/h4-9,11H,10H2,1-3H3,(H,21,24)(H,22,25). The highest BCUT2D eigenvalue weighted by Crippen LogP contribution is 2.27. The number of hydrazine groups is 1. The van der Waals surface area contributed by atoms with Crippen molar-refractivity contribution in [1.29, 1.82) is 0 Å². The molecule has 0 atom stereocenters. The van der Waals surface area contributed by atoms with Gasteiger partial charge in [-0.25, -0.2) is 0 Å². The Labute approximate surface area is 167 Å². The number of amides is 2. The minimum absolute atomic E-state index is 0.00531. The van der Waals surface area contributed by atoms with E-state index in [9.17, 15) is 19.7 Å². The maximum atomic E-state index is 12.1. The number of benzene rings is 2. The predicted octanol–water partition coefficient (Wildman–Crippen LogP) is 3.52. The van der Waals surface area contributed by atoms with Crippen molar-refractivity contribution in [1.82, 2.24) is 10.9 Å². The van der Waals surface area contributed by atoms with E-state index in [0.29, 0.717) is 5.75 Å². The summed E-state index contributed by atoms with van der Waals surface area (Å²) in [5.74, 6) is -0.438. The number of carbonyl (C=O) groups is 2. The lowest BCUT2D eigenvalue weighted by atomic mass is 10.0. The van der Waals surface area contributed by atoms with Crippen LogP contribution in [-0.2, 0) is 4.79 Å². The van der Waals surface area contributed by atoms with Crippen molar-refractivity contribution < 1.29 is 19.2 Å². The highest BCUT2D eigenvalue weighted by Gasteiger charge is 2.16. The van der Waals surface area contributed by atoms with Crippen molar-refractivity contribution in [3.63, 3.8) is 0 Å². The topological polar surface area (TPSA) is 111 Å². The minimum Gasteiger partial charge on any atom is -0.483 e. The maximum Gasteiger partial charge on any atom is 0.276 e. The van der Waals surface area contributed by atoms with Crippen LogP contribution in [0.5, 0.6) is 5.75 Å². The fraction of sp³-hybridized carbons (Fsp3) is 0.263. The number of non-ortho nitro benzene ring substituents is 1. The van der Waals surface area contributed by atoms with Gasteiger partial charge in [-0.05, 0) is 36.1 Å². The van der Waals surface area contributed by atoms with Gasteiger partial charge in [-0.2, -0.15) is 0 Å². The maximum absolute atomic E-state index is 12.1. The third-order valence-corrected chi connectivity index (χ3v) is 4.19. The molecule has 0 heterocycles. The molecule has 2 amide bonds. The number of nitrogens with zero attached hydrogens (tertiary/aromatic N) is 1. The predicted molar refractivity (Wildman–Crippen MR) is 104 cm³/mol. The minimum atomic E-state index is -0.702. The molecule has 0 aliphatic rings. The molecule has 0 bridgehead atoms. The number of hydrogen-bond donors (Lipinski definition) is 2. The van der Waals surface area contributed by atoms with E-state index in [-0.39, 0.29) is 28.8 Å². The number of aryl methyl sites for hydroxylation is 1. The molecule has 28 heavy (non-hydrogen) atoms. The zero-order valence-electron chi connectivity index (χ0n) is 15.6. The zero-order valence-corrected chi connectivity index (χ0v) is 16.4. The van der Waals surface area contributed by atoms with Crippen molar-refractivity contribution >= 4 is 29.1 Å². The SMILES string of the molecule is Cc1ccc(C(C)C)c(OCC(=O)NNC(=O)c2ccc([N+](=O)[O-])cc2Cl)c1. The lowest BCUT2D eigenvalue weighted by Crippen LogP contribution is -2.44. The first-order chi connectivity index (χ1) is 13.2. The molecule has 2 rings (SSSR count). The van der Waals surface area contributed by atoms with Crippen LogP contribution in [0.1, 0.15) is 41.3 Å². The highest BCUT2D eigenvalue weighted by atomic mass is 35.5.